The molecule has 0 aliphatic rings. The smallest absolute Gasteiger partial charge is 0.207 e. The average Bonchev–Trinajstić information content (AvgIpc) is 2.69. The minimum atomic E-state index is -3.47. The summed E-state index contributed by atoms with van der Waals surface area (Å²) in [4.78, 5) is 1.16. The molecular weight excluding hydrogens is 370 g/mol. The van der Waals surface area contributed by atoms with Crippen molar-refractivity contribution in [3.63, 3.8) is 0 Å². The van der Waals surface area contributed by atoms with Crippen LogP contribution in [0.1, 0.15) is 32.1 Å². The van der Waals surface area contributed by atoms with Gasteiger partial charge in [-0.3, -0.25) is 0 Å². The van der Waals surface area contributed by atoms with E-state index in [1.54, 1.807) is 13.1 Å². The lowest BCUT2D eigenvalue weighted by Crippen LogP contribution is -2.35. The summed E-state index contributed by atoms with van der Waals surface area (Å²) in [6, 6.07) is 1.62. The Morgan fingerprint density at radius 1 is 1.42 bits per heavy atom. The Kier molecular flexibility index (Phi) is 6.32. The molecule has 0 fully saturated rings. The Morgan fingerprint density at radius 2 is 2.00 bits per heavy atom. The molecule has 7 heteroatoms. The zero-order valence-electron chi connectivity index (χ0n) is 11.5. The van der Waals surface area contributed by atoms with Gasteiger partial charge in [0.2, 0.25) is 10.0 Å². The molecule has 110 valence electrons. The number of hydrogen-bond donors (Lipinski definition) is 0. The number of thiophene rings is 1. The van der Waals surface area contributed by atoms with E-state index in [2.05, 4.69) is 29.8 Å². The first kappa shape index (κ1) is 17.4. The van der Waals surface area contributed by atoms with Gasteiger partial charge in [0.15, 0.2) is 0 Å². The van der Waals surface area contributed by atoms with E-state index >= 15 is 0 Å². The van der Waals surface area contributed by atoms with E-state index in [1.165, 1.54) is 15.6 Å². The molecule has 0 bridgehead atoms. The van der Waals surface area contributed by atoms with E-state index in [0.717, 1.165) is 11.3 Å². The highest BCUT2D eigenvalue weighted by molar-refractivity contribution is 9.11. The van der Waals surface area contributed by atoms with Crippen LogP contribution in [0.2, 0.25) is 0 Å². The van der Waals surface area contributed by atoms with Gasteiger partial charge in [-0.25, -0.2) is 8.42 Å². The Hall–Kier alpha value is 0.380. The van der Waals surface area contributed by atoms with E-state index in [4.69, 9.17) is 11.6 Å². The van der Waals surface area contributed by atoms with Crippen LogP contribution in [0, 0.1) is 5.92 Å². The van der Waals surface area contributed by atoms with Gasteiger partial charge in [-0.05, 0) is 41.3 Å². The Bertz CT molecular complexity index is 528. The minimum Gasteiger partial charge on any atom is -0.207 e. The van der Waals surface area contributed by atoms with Crippen LogP contribution in [-0.2, 0) is 15.9 Å². The molecule has 0 N–H and O–H groups in total. The zero-order valence-corrected chi connectivity index (χ0v) is 15.5. The van der Waals surface area contributed by atoms with Crippen molar-refractivity contribution in [3.05, 3.63) is 14.7 Å². The van der Waals surface area contributed by atoms with E-state index in [9.17, 15) is 8.42 Å². The molecule has 0 spiro atoms. The SMILES string of the molecule is CC(C)CC(C)N(C)S(=O)(=O)c1cc(CCl)sc1Br. The molecule has 19 heavy (non-hydrogen) atoms. The summed E-state index contributed by atoms with van der Waals surface area (Å²) in [5.74, 6) is 0.779. The molecule has 1 aromatic heterocycles. The molecule has 1 heterocycles. The molecule has 0 amide bonds. The lowest BCUT2D eigenvalue weighted by atomic mass is 10.1. The van der Waals surface area contributed by atoms with Crippen molar-refractivity contribution >= 4 is 48.9 Å². The van der Waals surface area contributed by atoms with Gasteiger partial charge in [0, 0.05) is 18.0 Å². The van der Waals surface area contributed by atoms with Crippen LogP contribution in [-0.4, -0.2) is 25.8 Å². The monoisotopic (exact) mass is 387 g/mol. The lowest BCUT2D eigenvalue weighted by Gasteiger charge is -2.25. The van der Waals surface area contributed by atoms with Crippen molar-refractivity contribution in [2.75, 3.05) is 7.05 Å². The highest BCUT2D eigenvalue weighted by Crippen LogP contribution is 2.34. The van der Waals surface area contributed by atoms with Crippen LogP contribution in [0.25, 0.3) is 0 Å². The average molecular weight is 389 g/mol. The number of sulfonamides is 1. The zero-order chi connectivity index (χ0) is 14.8. The van der Waals surface area contributed by atoms with Crippen molar-refractivity contribution in [2.45, 2.75) is 44.0 Å². The van der Waals surface area contributed by atoms with Crippen LogP contribution in [0.3, 0.4) is 0 Å². The van der Waals surface area contributed by atoms with Gasteiger partial charge >= 0.3 is 0 Å². The minimum absolute atomic E-state index is 0.0312. The van der Waals surface area contributed by atoms with Gasteiger partial charge in [-0.2, -0.15) is 4.31 Å². The predicted octanol–water partition coefficient (Wildman–Crippen LogP) is 4.30. The maximum Gasteiger partial charge on any atom is 0.245 e. The highest BCUT2D eigenvalue weighted by atomic mass is 79.9. The number of halogens is 2. The second-order valence-electron chi connectivity index (χ2n) is 4.98. The first-order valence-electron chi connectivity index (χ1n) is 6.02. The van der Waals surface area contributed by atoms with Crippen LogP contribution < -0.4 is 0 Å². The third-order valence-electron chi connectivity index (χ3n) is 2.93. The molecule has 1 rings (SSSR count). The fourth-order valence-corrected chi connectivity index (χ4v) is 5.96. The standard InChI is InChI=1S/C12H19BrClNO2S2/c1-8(2)5-9(3)15(4)19(16,17)11-6-10(7-14)18-12(11)13/h6,8-9H,5,7H2,1-4H3. The molecule has 0 radical (unpaired) electrons. The van der Waals surface area contributed by atoms with Crippen LogP contribution >= 0.6 is 38.9 Å². The van der Waals surface area contributed by atoms with E-state index in [-0.39, 0.29) is 6.04 Å². The van der Waals surface area contributed by atoms with E-state index in [1.807, 2.05) is 6.92 Å². The number of alkyl halides is 1. The first-order chi connectivity index (χ1) is 8.70. The fraction of sp³-hybridized carbons (Fsp3) is 0.667. The fourth-order valence-electron chi connectivity index (χ4n) is 1.86. The molecule has 0 saturated carbocycles. The van der Waals surface area contributed by atoms with Gasteiger partial charge in [0.1, 0.15) is 4.90 Å². The number of hydrogen-bond acceptors (Lipinski definition) is 3. The summed E-state index contributed by atoms with van der Waals surface area (Å²) >= 11 is 10.4. The van der Waals surface area contributed by atoms with Gasteiger partial charge in [0.25, 0.3) is 0 Å². The molecule has 0 aromatic carbocycles. The Morgan fingerprint density at radius 3 is 2.42 bits per heavy atom. The third-order valence-corrected chi connectivity index (χ3v) is 7.60. The molecule has 0 aliphatic carbocycles. The Balaban J connectivity index is 3.05. The third kappa shape index (κ3) is 4.17. The summed E-state index contributed by atoms with van der Waals surface area (Å²) in [6.07, 6.45) is 0.833. The first-order valence-corrected chi connectivity index (χ1v) is 9.60. The van der Waals surface area contributed by atoms with Gasteiger partial charge < -0.3 is 0 Å². The molecule has 0 aliphatic heterocycles. The summed E-state index contributed by atoms with van der Waals surface area (Å²) in [5.41, 5.74) is 0. The molecule has 1 aromatic rings. The van der Waals surface area contributed by atoms with Gasteiger partial charge in [-0.1, -0.05) is 13.8 Å². The Labute approximate surface area is 133 Å². The second-order valence-corrected chi connectivity index (χ2v) is 9.67. The lowest BCUT2D eigenvalue weighted by molar-refractivity contribution is 0.338. The topological polar surface area (TPSA) is 37.4 Å². The summed E-state index contributed by atoms with van der Waals surface area (Å²) < 4.78 is 27.2. The summed E-state index contributed by atoms with van der Waals surface area (Å²) in [5, 5.41) is 0. The van der Waals surface area contributed by atoms with Crippen LogP contribution in [0.5, 0.6) is 0 Å². The number of rotatable bonds is 6. The van der Waals surface area contributed by atoms with Crippen molar-refractivity contribution in [1.29, 1.82) is 0 Å². The normalized spacial score (nSPS) is 14.3. The van der Waals surface area contributed by atoms with E-state index in [0.29, 0.717) is 20.5 Å². The van der Waals surface area contributed by atoms with Crippen LogP contribution in [0.4, 0.5) is 0 Å². The highest BCUT2D eigenvalue weighted by Gasteiger charge is 2.29. The van der Waals surface area contributed by atoms with Crippen molar-refractivity contribution in [2.24, 2.45) is 5.92 Å². The van der Waals surface area contributed by atoms with Crippen LogP contribution in [0.15, 0.2) is 14.7 Å². The molecule has 3 nitrogen and oxygen atoms in total. The van der Waals surface area contributed by atoms with E-state index < -0.39 is 10.0 Å². The summed E-state index contributed by atoms with van der Waals surface area (Å²) in [6.45, 7) is 6.10. The second kappa shape index (κ2) is 6.89. The molecule has 1 unspecified atom stereocenters. The maximum absolute atomic E-state index is 12.6. The number of nitrogens with zero attached hydrogens (tertiary/aromatic N) is 1. The van der Waals surface area contributed by atoms with Crippen molar-refractivity contribution in [3.8, 4) is 0 Å². The molecular formula is C12H19BrClNO2S2. The summed E-state index contributed by atoms with van der Waals surface area (Å²) in [7, 11) is -1.83. The predicted molar refractivity (Wildman–Crippen MR) is 85.4 cm³/mol. The molecule has 0 saturated heterocycles. The van der Waals surface area contributed by atoms with Gasteiger partial charge in [0.05, 0.1) is 9.67 Å². The quantitative estimate of drug-likeness (QED) is 0.681. The molecule has 1 atom stereocenters. The largest absolute Gasteiger partial charge is 0.245 e. The van der Waals surface area contributed by atoms with Gasteiger partial charge in [-0.15, -0.1) is 22.9 Å². The maximum atomic E-state index is 12.6. The van der Waals surface area contributed by atoms with Crippen molar-refractivity contribution in [1.82, 2.24) is 4.31 Å². The van der Waals surface area contributed by atoms with Crippen molar-refractivity contribution < 1.29 is 8.42 Å².